The highest BCUT2D eigenvalue weighted by Crippen LogP contribution is 2.76. The summed E-state index contributed by atoms with van der Waals surface area (Å²) >= 11 is 0. The number of hydrogen-bond donors (Lipinski definition) is 4. The van der Waals surface area contributed by atoms with Gasteiger partial charge in [0, 0.05) is 11.8 Å². The van der Waals surface area contributed by atoms with Gasteiger partial charge in [-0.3, -0.25) is 9.59 Å². The molecule has 6 heteroatoms. The molecule has 39 heavy (non-hydrogen) atoms. The molecular formula is C33H50O6. The van der Waals surface area contributed by atoms with E-state index in [0.29, 0.717) is 43.8 Å². The van der Waals surface area contributed by atoms with Gasteiger partial charge in [-0.15, -0.1) is 0 Å². The summed E-state index contributed by atoms with van der Waals surface area (Å²) in [5.41, 5.74) is -0.225. The highest BCUT2D eigenvalue weighted by atomic mass is 16.4. The molecule has 9 atom stereocenters. The summed E-state index contributed by atoms with van der Waals surface area (Å²) in [6, 6.07) is 0. The highest BCUT2D eigenvalue weighted by Gasteiger charge is 2.70. The highest BCUT2D eigenvalue weighted by molar-refractivity contribution is 5.79. The monoisotopic (exact) mass is 542 g/mol. The molecule has 3 unspecified atom stereocenters. The zero-order valence-electron chi connectivity index (χ0n) is 24.9. The van der Waals surface area contributed by atoms with Gasteiger partial charge in [0.05, 0.1) is 23.2 Å². The number of aliphatic hydroxyl groups is 2. The van der Waals surface area contributed by atoms with Gasteiger partial charge in [0.15, 0.2) is 0 Å². The third-order valence-electron chi connectivity index (χ3n) is 14.0. The fraction of sp³-hybridized carbons (Fsp3) is 0.818. The first kappa shape index (κ1) is 28.7. The van der Waals surface area contributed by atoms with Crippen LogP contribution in [0.1, 0.15) is 112 Å². The van der Waals surface area contributed by atoms with E-state index in [4.69, 9.17) is 0 Å². The molecule has 4 fully saturated rings. The van der Waals surface area contributed by atoms with Crippen molar-refractivity contribution in [1.82, 2.24) is 0 Å². The molecule has 5 aliphatic carbocycles. The van der Waals surface area contributed by atoms with Crippen LogP contribution in [-0.4, -0.2) is 39.0 Å². The molecule has 0 aromatic carbocycles. The minimum atomic E-state index is -0.902. The van der Waals surface area contributed by atoms with E-state index in [0.717, 1.165) is 44.1 Å². The zero-order chi connectivity index (χ0) is 28.8. The summed E-state index contributed by atoms with van der Waals surface area (Å²) in [4.78, 5) is 25.2. The number of aliphatic hydroxyl groups excluding tert-OH is 2. The summed E-state index contributed by atoms with van der Waals surface area (Å²) in [5.74, 6) is -0.747. The van der Waals surface area contributed by atoms with Crippen molar-refractivity contribution in [3.05, 3.63) is 23.0 Å². The third kappa shape index (κ3) is 3.48. The molecule has 4 saturated carbocycles. The normalized spacial score (nSPS) is 50.4. The largest absolute Gasteiger partial charge is 0.512 e. The van der Waals surface area contributed by atoms with Crippen molar-refractivity contribution in [2.75, 3.05) is 6.61 Å². The van der Waals surface area contributed by atoms with E-state index < -0.39 is 28.2 Å². The standard InChI is InChI=1S/C33H50O6/c1-7-23(35)21-10-12-29(3)24(30(21,4)19-34)11-13-32(6)25(29)9-8-20-22-18-28(2,26(36)37)14-16-33(22,27(38)39)17-15-31(20,32)5/h8,22,24-25,34-35H,7,9-19H2,1-6H3,(H,36,37)(H,38,39)/b23-21-/t22?,24?,25?,28-,29+,30+,31-,32-,33+/m1/s1. The molecular weight excluding hydrogens is 492 g/mol. The van der Waals surface area contributed by atoms with Crippen molar-refractivity contribution in [2.24, 2.45) is 50.2 Å². The Hall–Kier alpha value is -1.82. The van der Waals surface area contributed by atoms with E-state index >= 15 is 0 Å². The summed E-state index contributed by atoms with van der Waals surface area (Å²) in [6.07, 6.45) is 10.2. The molecule has 0 aliphatic heterocycles. The molecule has 218 valence electrons. The van der Waals surface area contributed by atoms with E-state index in [2.05, 4.69) is 33.8 Å². The van der Waals surface area contributed by atoms with Crippen molar-refractivity contribution >= 4 is 11.9 Å². The lowest BCUT2D eigenvalue weighted by Crippen LogP contribution is -2.64. The molecule has 0 radical (unpaired) electrons. The minimum absolute atomic E-state index is 0.0173. The molecule has 0 aromatic rings. The fourth-order valence-electron chi connectivity index (χ4n) is 11.2. The molecule has 5 rings (SSSR count). The average molecular weight is 543 g/mol. The Bertz CT molecular complexity index is 1140. The van der Waals surface area contributed by atoms with Crippen LogP contribution in [0, 0.1) is 50.2 Å². The predicted molar refractivity (Wildman–Crippen MR) is 150 cm³/mol. The fourth-order valence-corrected chi connectivity index (χ4v) is 11.2. The van der Waals surface area contributed by atoms with Crippen LogP contribution in [0.4, 0.5) is 0 Å². The predicted octanol–water partition coefficient (Wildman–Crippen LogP) is 7.13. The Balaban J connectivity index is 1.60. The second-order valence-corrected chi connectivity index (χ2v) is 15.2. The molecule has 0 spiro atoms. The van der Waals surface area contributed by atoms with Crippen LogP contribution in [0.2, 0.25) is 0 Å². The second kappa shape index (κ2) is 8.84. The van der Waals surface area contributed by atoms with Crippen LogP contribution in [-0.2, 0) is 9.59 Å². The maximum Gasteiger partial charge on any atom is 0.310 e. The zero-order valence-corrected chi connectivity index (χ0v) is 24.9. The third-order valence-corrected chi connectivity index (χ3v) is 14.0. The number of aliphatic carboxylic acids is 2. The van der Waals surface area contributed by atoms with Gasteiger partial charge in [-0.05, 0) is 111 Å². The molecule has 0 saturated heterocycles. The first-order chi connectivity index (χ1) is 18.1. The van der Waals surface area contributed by atoms with Crippen LogP contribution in [0.3, 0.4) is 0 Å². The van der Waals surface area contributed by atoms with Crippen LogP contribution in [0.5, 0.6) is 0 Å². The summed E-state index contributed by atoms with van der Waals surface area (Å²) in [6.45, 7) is 13.2. The molecule has 0 bridgehead atoms. The van der Waals surface area contributed by atoms with Crippen molar-refractivity contribution in [3.8, 4) is 0 Å². The summed E-state index contributed by atoms with van der Waals surface area (Å²) < 4.78 is 0. The maximum atomic E-state index is 12.9. The van der Waals surface area contributed by atoms with Gasteiger partial charge in [0.25, 0.3) is 0 Å². The second-order valence-electron chi connectivity index (χ2n) is 15.2. The molecule has 0 aromatic heterocycles. The van der Waals surface area contributed by atoms with Gasteiger partial charge in [-0.2, -0.15) is 0 Å². The Kier molecular flexibility index (Phi) is 6.50. The van der Waals surface area contributed by atoms with Crippen molar-refractivity contribution in [3.63, 3.8) is 0 Å². The molecule has 0 heterocycles. The lowest BCUT2D eigenvalue weighted by molar-refractivity contribution is -0.188. The van der Waals surface area contributed by atoms with Crippen molar-refractivity contribution in [1.29, 1.82) is 0 Å². The Morgan fingerprint density at radius 1 is 0.897 bits per heavy atom. The summed E-state index contributed by atoms with van der Waals surface area (Å²) in [7, 11) is 0. The number of carboxylic acid groups (broad SMARTS) is 2. The Morgan fingerprint density at radius 2 is 1.56 bits per heavy atom. The van der Waals surface area contributed by atoms with Gasteiger partial charge >= 0.3 is 11.9 Å². The Labute approximate surface area is 234 Å². The first-order valence-corrected chi connectivity index (χ1v) is 15.3. The Morgan fingerprint density at radius 3 is 2.15 bits per heavy atom. The summed E-state index contributed by atoms with van der Waals surface area (Å²) in [5, 5.41) is 42.3. The van der Waals surface area contributed by atoms with Crippen molar-refractivity contribution < 1.29 is 30.0 Å². The van der Waals surface area contributed by atoms with Crippen LogP contribution < -0.4 is 0 Å². The van der Waals surface area contributed by atoms with Crippen LogP contribution >= 0.6 is 0 Å². The number of allylic oxidation sites excluding steroid dienone is 3. The van der Waals surface area contributed by atoms with E-state index in [1.807, 2.05) is 13.8 Å². The number of carbonyl (C=O) groups is 2. The van der Waals surface area contributed by atoms with Crippen LogP contribution in [0.15, 0.2) is 23.0 Å². The van der Waals surface area contributed by atoms with Gasteiger partial charge < -0.3 is 20.4 Å². The van der Waals surface area contributed by atoms with E-state index in [1.165, 1.54) is 5.57 Å². The smallest absolute Gasteiger partial charge is 0.310 e. The number of carboxylic acids is 2. The number of hydrogen-bond acceptors (Lipinski definition) is 4. The number of rotatable bonds is 4. The quantitative estimate of drug-likeness (QED) is 0.222. The maximum absolute atomic E-state index is 12.9. The minimum Gasteiger partial charge on any atom is -0.512 e. The van der Waals surface area contributed by atoms with E-state index in [-0.39, 0.29) is 34.7 Å². The van der Waals surface area contributed by atoms with Crippen molar-refractivity contribution in [2.45, 2.75) is 112 Å². The van der Waals surface area contributed by atoms with Gasteiger partial charge in [-0.1, -0.05) is 46.3 Å². The van der Waals surface area contributed by atoms with Crippen LogP contribution in [0.25, 0.3) is 0 Å². The lowest BCUT2D eigenvalue weighted by atomic mass is 9.33. The molecule has 5 aliphatic rings. The topological polar surface area (TPSA) is 115 Å². The van der Waals surface area contributed by atoms with Gasteiger partial charge in [0.1, 0.15) is 0 Å². The van der Waals surface area contributed by atoms with E-state index in [1.54, 1.807) is 0 Å². The van der Waals surface area contributed by atoms with Gasteiger partial charge in [0.2, 0.25) is 0 Å². The lowest BCUT2D eigenvalue weighted by Gasteiger charge is -2.71. The molecule has 6 nitrogen and oxygen atoms in total. The first-order valence-electron chi connectivity index (χ1n) is 15.3. The number of fused-ring (bicyclic) bond motifs is 7. The van der Waals surface area contributed by atoms with E-state index in [9.17, 15) is 30.0 Å². The SMILES string of the molecule is CC/C(O)=C1\CC[C@@]2(C)C(CC[C@]3(C)C2CC=C2C4C[C@](C)(C(=O)O)CC[C@]4(C(=O)O)CC[C@]23C)[C@@]1(C)CO. The molecule has 0 amide bonds. The average Bonchev–Trinajstić information content (AvgIpc) is 2.88. The van der Waals surface area contributed by atoms with Gasteiger partial charge in [-0.25, -0.2) is 0 Å². The molecule has 4 N–H and O–H groups in total.